The summed E-state index contributed by atoms with van der Waals surface area (Å²) in [5.41, 5.74) is 1.60. The third kappa shape index (κ3) is 3.99. The Morgan fingerprint density at radius 3 is 2.54 bits per heavy atom. The van der Waals surface area contributed by atoms with E-state index in [0.29, 0.717) is 17.1 Å². The van der Waals surface area contributed by atoms with Gasteiger partial charge in [0.05, 0.1) is 17.2 Å². The average molecular weight is 350 g/mol. The Labute approximate surface area is 147 Å². The molecule has 5 nitrogen and oxygen atoms in total. The van der Waals surface area contributed by atoms with Gasteiger partial charge in [-0.2, -0.15) is 5.26 Å². The van der Waals surface area contributed by atoms with Crippen molar-refractivity contribution in [2.45, 2.75) is 0 Å². The number of anilines is 3. The molecule has 0 saturated heterocycles. The minimum Gasteiger partial charge on any atom is -0.340 e. The van der Waals surface area contributed by atoms with Gasteiger partial charge in [0.2, 0.25) is 0 Å². The van der Waals surface area contributed by atoms with Gasteiger partial charge >= 0.3 is 0 Å². The van der Waals surface area contributed by atoms with Crippen molar-refractivity contribution in [3.8, 4) is 6.07 Å². The van der Waals surface area contributed by atoms with E-state index < -0.39 is 17.5 Å². The number of nitrogens with zero attached hydrogens (tertiary/aromatic N) is 2. The van der Waals surface area contributed by atoms with Gasteiger partial charge in [0.1, 0.15) is 5.82 Å². The van der Waals surface area contributed by atoms with Crippen molar-refractivity contribution >= 4 is 23.1 Å². The first kappa shape index (κ1) is 17.0. The van der Waals surface area contributed by atoms with E-state index in [1.807, 2.05) is 6.07 Å². The second-order valence-corrected chi connectivity index (χ2v) is 5.33. The predicted octanol–water partition coefficient (Wildman–Crippen LogP) is 4.23. The van der Waals surface area contributed by atoms with Crippen molar-refractivity contribution < 1.29 is 13.6 Å². The number of carbonyl (C=O) groups excluding carboxylic acids is 1. The quantitative estimate of drug-likeness (QED) is 0.738. The van der Waals surface area contributed by atoms with Crippen LogP contribution in [0.5, 0.6) is 0 Å². The maximum Gasteiger partial charge on any atom is 0.257 e. The zero-order chi connectivity index (χ0) is 18.5. The summed E-state index contributed by atoms with van der Waals surface area (Å²) in [6.07, 6.45) is 1.35. The summed E-state index contributed by atoms with van der Waals surface area (Å²) in [4.78, 5) is 16.3. The van der Waals surface area contributed by atoms with Gasteiger partial charge in [0, 0.05) is 23.6 Å². The Hall–Kier alpha value is -3.79. The van der Waals surface area contributed by atoms with E-state index in [4.69, 9.17) is 5.26 Å². The Bertz CT molecular complexity index is 997. The van der Waals surface area contributed by atoms with Gasteiger partial charge in [-0.15, -0.1) is 0 Å². The maximum absolute atomic E-state index is 13.2. The topological polar surface area (TPSA) is 77.8 Å². The summed E-state index contributed by atoms with van der Waals surface area (Å²) in [7, 11) is 0. The number of hydrogen-bond donors (Lipinski definition) is 2. The fraction of sp³-hybridized carbons (Fsp3) is 0. The van der Waals surface area contributed by atoms with Crippen molar-refractivity contribution in [3.63, 3.8) is 0 Å². The maximum atomic E-state index is 13.2. The standard InChI is InChI=1S/C19H12F2N4O/c20-16-6-5-15(9-17(16)21)25-19(26)13-4-7-18(23-11-13)24-14-3-1-2-12(8-14)10-22/h1-9,11H,(H,23,24)(H,25,26). The van der Waals surface area contributed by atoms with Gasteiger partial charge in [0.15, 0.2) is 11.6 Å². The number of pyridine rings is 1. The van der Waals surface area contributed by atoms with Crippen LogP contribution in [0.2, 0.25) is 0 Å². The highest BCUT2D eigenvalue weighted by Gasteiger charge is 2.09. The molecule has 7 heteroatoms. The molecule has 2 aromatic carbocycles. The summed E-state index contributed by atoms with van der Waals surface area (Å²) in [5.74, 6) is -2.04. The lowest BCUT2D eigenvalue weighted by Crippen LogP contribution is -2.12. The minimum atomic E-state index is -1.04. The zero-order valence-corrected chi connectivity index (χ0v) is 13.3. The zero-order valence-electron chi connectivity index (χ0n) is 13.3. The van der Waals surface area contributed by atoms with Crippen molar-refractivity contribution in [1.82, 2.24) is 4.98 Å². The molecule has 0 unspecified atom stereocenters. The molecule has 26 heavy (non-hydrogen) atoms. The van der Waals surface area contributed by atoms with Gasteiger partial charge in [-0.1, -0.05) is 6.07 Å². The first-order chi connectivity index (χ1) is 12.5. The molecule has 0 fully saturated rings. The SMILES string of the molecule is N#Cc1cccc(Nc2ccc(C(=O)Nc3ccc(F)c(F)c3)cn2)c1. The molecule has 1 aromatic heterocycles. The molecule has 128 valence electrons. The van der Waals surface area contributed by atoms with E-state index in [0.717, 1.165) is 12.1 Å². The number of nitriles is 1. The first-order valence-electron chi connectivity index (χ1n) is 7.55. The number of nitrogens with one attached hydrogen (secondary N) is 2. The molecule has 0 spiro atoms. The van der Waals surface area contributed by atoms with E-state index in [1.54, 1.807) is 36.4 Å². The Morgan fingerprint density at radius 2 is 1.85 bits per heavy atom. The third-order valence-electron chi connectivity index (χ3n) is 3.47. The van der Waals surface area contributed by atoms with E-state index >= 15 is 0 Å². The monoisotopic (exact) mass is 350 g/mol. The summed E-state index contributed by atoms with van der Waals surface area (Å²) in [6, 6.07) is 15.2. The Morgan fingerprint density at radius 1 is 1.00 bits per heavy atom. The summed E-state index contributed by atoms with van der Waals surface area (Å²) in [6.45, 7) is 0. The van der Waals surface area contributed by atoms with E-state index in [9.17, 15) is 13.6 Å². The highest BCUT2D eigenvalue weighted by molar-refractivity contribution is 6.04. The number of carbonyl (C=O) groups is 1. The molecular formula is C19H12F2N4O. The number of hydrogen-bond acceptors (Lipinski definition) is 4. The molecule has 0 bridgehead atoms. The predicted molar refractivity (Wildman–Crippen MR) is 93.0 cm³/mol. The largest absolute Gasteiger partial charge is 0.340 e. The second-order valence-electron chi connectivity index (χ2n) is 5.33. The highest BCUT2D eigenvalue weighted by Crippen LogP contribution is 2.17. The second kappa shape index (κ2) is 7.40. The van der Waals surface area contributed by atoms with Crippen molar-refractivity contribution in [2.24, 2.45) is 0 Å². The molecular weight excluding hydrogens is 338 g/mol. The molecule has 0 aliphatic heterocycles. The number of halogens is 2. The van der Waals surface area contributed by atoms with Crippen LogP contribution in [0.15, 0.2) is 60.8 Å². The van der Waals surface area contributed by atoms with E-state index in [1.165, 1.54) is 12.3 Å². The molecule has 0 atom stereocenters. The number of amides is 1. The normalized spacial score (nSPS) is 10.0. The lowest BCUT2D eigenvalue weighted by Gasteiger charge is -2.08. The van der Waals surface area contributed by atoms with Gasteiger partial charge in [0.25, 0.3) is 5.91 Å². The van der Waals surface area contributed by atoms with Crippen LogP contribution in [0.4, 0.5) is 26.0 Å². The minimum absolute atomic E-state index is 0.143. The van der Waals surface area contributed by atoms with Crippen LogP contribution in [0.25, 0.3) is 0 Å². The smallest absolute Gasteiger partial charge is 0.257 e. The highest BCUT2D eigenvalue weighted by atomic mass is 19.2. The fourth-order valence-electron chi connectivity index (χ4n) is 2.19. The molecule has 0 radical (unpaired) electrons. The number of rotatable bonds is 4. The van der Waals surface area contributed by atoms with Crippen LogP contribution in [0, 0.1) is 23.0 Å². The summed E-state index contributed by atoms with van der Waals surface area (Å²) in [5, 5.41) is 14.4. The lowest BCUT2D eigenvalue weighted by molar-refractivity contribution is 0.102. The lowest BCUT2D eigenvalue weighted by atomic mass is 10.2. The third-order valence-corrected chi connectivity index (χ3v) is 3.47. The fourth-order valence-corrected chi connectivity index (χ4v) is 2.19. The van der Waals surface area contributed by atoms with Crippen LogP contribution < -0.4 is 10.6 Å². The van der Waals surface area contributed by atoms with Gasteiger partial charge in [-0.3, -0.25) is 4.79 Å². The number of benzene rings is 2. The van der Waals surface area contributed by atoms with Crippen LogP contribution in [0.3, 0.4) is 0 Å². The molecule has 3 rings (SSSR count). The molecule has 1 heterocycles. The van der Waals surface area contributed by atoms with Gasteiger partial charge in [-0.05, 0) is 42.5 Å². The Balaban J connectivity index is 1.69. The van der Waals surface area contributed by atoms with Crippen molar-refractivity contribution in [1.29, 1.82) is 5.26 Å². The Kier molecular flexibility index (Phi) is 4.85. The van der Waals surface area contributed by atoms with Crippen LogP contribution in [-0.4, -0.2) is 10.9 Å². The van der Waals surface area contributed by atoms with Crippen LogP contribution >= 0.6 is 0 Å². The van der Waals surface area contributed by atoms with Crippen LogP contribution in [0.1, 0.15) is 15.9 Å². The van der Waals surface area contributed by atoms with E-state index in [-0.39, 0.29) is 11.3 Å². The molecule has 0 aliphatic rings. The molecule has 2 N–H and O–H groups in total. The van der Waals surface area contributed by atoms with Crippen molar-refractivity contribution in [2.75, 3.05) is 10.6 Å². The average Bonchev–Trinajstić information content (AvgIpc) is 2.65. The van der Waals surface area contributed by atoms with Gasteiger partial charge in [-0.25, -0.2) is 13.8 Å². The molecule has 1 amide bonds. The molecule has 0 aliphatic carbocycles. The molecule has 3 aromatic rings. The molecule has 0 saturated carbocycles. The van der Waals surface area contributed by atoms with Crippen LogP contribution in [-0.2, 0) is 0 Å². The summed E-state index contributed by atoms with van der Waals surface area (Å²) >= 11 is 0. The van der Waals surface area contributed by atoms with Crippen molar-refractivity contribution in [3.05, 3.63) is 83.6 Å². The first-order valence-corrected chi connectivity index (χ1v) is 7.55. The van der Waals surface area contributed by atoms with E-state index in [2.05, 4.69) is 15.6 Å². The summed E-state index contributed by atoms with van der Waals surface area (Å²) < 4.78 is 26.1. The van der Waals surface area contributed by atoms with Gasteiger partial charge < -0.3 is 10.6 Å². The number of aromatic nitrogens is 1.